The van der Waals surface area contributed by atoms with Gasteiger partial charge in [0.15, 0.2) is 0 Å². The first kappa shape index (κ1) is 131. The summed E-state index contributed by atoms with van der Waals surface area (Å²) in [5.74, 6) is -0.480. The van der Waals surface area contributed by atoms with E-state index in [1.807, 2.05) is 315 Å². The van der Waals surface area contributed by atoms with Crippen LogP contribution in [0.25, 0.3) is 0 Å². The summed E-state index contributed by atoms with van der Waals surface area (Å²) in [6.07, 6.45) is 12.0. The van der Waals surface area contributed by atoms with Crippen molar-refractivity contribution in [3.05, 3.63) is 268 Å². The zero-order valence-electron chi connectivity index (χ0n) is 90.4. The molecular formula is C120H168O27. The molecule has 27 nitrogen and oxygen atoms in total. The Balaban J connectivity index is 0.000000827. The van der Waals surface area contributed by atoms with Gasteiger partial charge in [0.2, 0.25) is 0 Å². The van der Waals surface area contributed by atoms with Gasteiger partial charge >= 0.3 is 53.7 Å². The molecular weight excluding hydrogens is 1870 g/mol. The molecule has 0 saturated heterocycles. The first-order valence-electron chi connectivity index (χ1n) is 50.9. The number of carboxylic acids is 9. The lowest BCUT2D eigenvalue weighted by molar-refractivity contribution is -0.144. The molecule has 11 atom stereocenters. The van der Waals surface area contributed by atoms with E-state index in [0.29, 0.717) is 78.7 Å². The fraction of sp³-hybridized carbons (Fsp3) is 0.475. The Bertz CT molecular complexity index is 5050. The highest BCUT2D eigenvalue weighted by Crippen LogP contribution is 2.25. The number of carbonyl (C=O) groups is 9. The number of unbranched alkanes of at least 4 members (excludes halogenated alkanes) is 3. The maximum absolute atomic E-state index is 10.8. The van der Waals surface area contributed by atoms with Crippen LogP contribution in [0.2, 0.25) is 0 Å². The largest absolute Gasteiger partial charge is 0.494 e. The molecule has 9 rings (SSSR count). The van der Waals surface area contributed by atoms with Crippen LogP contribution in [0.4, 0.5) is 0 Å². The third-order valence-electron chi connectivity index (χ3n) is 23.5. The molecule has 9 aromatic carbocycles. The molecule has 810 valence electrons. The molecule has 0 amide bonds. The van der Waals surface area contributed by atoms with Crippen molar-refractivity contribution in [1.82, 2.24) is 0 Å². The van der Waals surface area contributed by atoms with Crippen LogP contribution < -0.4 is 42.6 Å². The van der Waals surface area contributed by atoms with Crippen LogP contribution in [-0.2, 0) is 43.2 Å². The zero-order chi connectivity index (χ0) is 110. The molecule has 0 spiro atoms. The topological polar surface area (TPSA) is 419 Å². The van der Waals surface area contributed by atoms with Gasteiger partial charge in [-0.1, -0.05) is 248 Å². The van der Waals surface area contributed by atoms with Crippen molar-refractivity contribution in [3.8, 4) is 51.7 Å². The fourth-order valence-electron chi connectivity index (χ4n) is 12.7. The lowest BCUT2D eigenvalue weighted by atomic mass is 9.93. The Morgan fingerprint density at radius 3 is 0.660 bits per heavy atom. The van der Waals surface area contributed by atoms with Gasteiger partial charge in [0, 0.05) is 24.7 Å². The summed E-state index contributed by atoms with van der Waals surface area (Å²) in [6, 6.07) is 70.6. The third kappa shape index (κ3) is 70.0. The molecule has 0 aliphatic carbocycles. The van der Waals surface area contributed by atoms with Crippen molar-refractivity contribution in [3.63, 3.8) is 0 Å². The van der Waals surface area contributed by atoms with Crippen LogP contribution >= 0.6 is 0 Å². The van der Waals surface area contributed by atoms with Gasteiger partial charge in [-0.15, -0.1) is 0 Å². The van der Waals surface area contributed by atoms with E-state index in [1.54, 1.807) is 41.5 Å². The second-order valence-corrected chi connectivity index (χ2v) is 38.1. The fourth-order valence-corrected chi connectivity index (χ4v) is 12.7. The van der Waals surface area contributed by atoms with Crippen molar-refractivity contribution in [2.24, 2.45) is 65.1 Å². The first-order valence-corrected chi connectivity index (χ1v) is 50.9. The lowest BCUT2D eigenvalue weighted by Gasteiger charge is -2.16. The van der Waals surface area contributed by atoms with E-state index < -0.39 is 53.7 Å². The number of ether oxygens (including phenoxy) is 9. The highest BCUT2D eigenvalue weighted by Gasteiger charge is 2.22. The van der Waals surface area contributed by atoms with Crippen molar-refractivity contribution in [2.75, 3.05) is 59.5 Å². The summed E-state index contributed by atoms with van der Waals surface area (Å²) in [5, 5.41) is 78.2. The van der Waals surface area contributed by atoms with Gasteiger partial charge < -0.3 is 88.6 Å². The zero-order valence-corrected chi connectivity index (χ0v) is 90.4. The molecule has 147 heavy (non-hydrogen) atoms. The maximum Gasteiger partial charge on any atom is 0.306 e. The summed E-state index contributed by atoms with van der Waals surface area (Å²) in [6.45, 7) is 43.1. The normalized spacial score (nSPS) is 12.6. The van der Waals surface area contributed by atoms with Gasteiger partial charge in [0.05, 0.1) is 101 Å². The molecule has 0 aromatic heterocycles. The second-order valence-electron chi connectivity index (χ2n) is 38.1. The van der Waals surface area contributed by atoms with Crippen LogP contribution in [-0.4, -0.2) is 159 Å². The van der Waals surface area contributed by atoms with E-state index in [0.717, 1.165) is 122 Å². The molecule has 0 aliphatic rings. The Hall–Kier alpha value is -13.6. The minimum absolute atomic E-state index is 0.00111. The van der Waals surface area contributed by atoms with Crippen molar-refractivity contribution in [1.29, 1.82) is 0 Å². The molecule has 0 fully saturated rings. The highest BCUT2D eigenvalue weighted by molar-refractivity contribution is 5.72. The number of aryl methyl sites for hydroxylation is 9. The van der Waals surface area contributed by atoms with Gasteiger partial charge in [0.1, 0.15) is 51.7 Å². The predicted octanol–water partition coefficient (Wildman–Crippen LogP) is 26.8. The van der Waals surface area contributed by atoms with E-state index in [4.69, 9.17) is 88.6 Å². The molecule has 11 unspecified atom stereocenters. The average molecular weight is 2040 g/mol. The number of carboxylic acid groups (broad SMARTS) is 9. The Morgan fingerprint density at radius 2 is 0.388 bits per heavy atom. The quantitative estimate of drug-likeness (QED) is 0.0160. The van der Waals surface area contributed by atoms with E-state index in [2.05, 4.69) is 0 Å². The van der Waals surface area contributed by atoms with Gasteiger partial charge in [-0.3, -0.25) is 43.2 Å². The molecule has 0 bridgehead atoms. The Labute approximate surface area is 873 Å². The second kappa shape index (κ2) is 77.8. The van der Waals surface area contributed by atoms with Crippen LogP contribution in [0.3, 0.4) is 0 Å². The number of aliphatic carboxylic acids is 9. The van der Waals surface area contributed by atoms with Gasteiger partial charge in [0.25, 0.3) is 0 Å². The molecule has 0 aliphatic heterocycles. The highest BCUT2D eigenvalue weighted by atomic mass is 16.5. The average Bonchev–Trinajstić information content (AvgIpc) is 0.904. The predicted molar refractivity (Wildman–Crippen MR) is 578 cm³/mol. The number of benzene rings is 9. The molecule has 0 saturated carbocycles. The van der Waals surface area contributed by atoms with Crippen molar-refractivity contribution >= 4 is 53.7 Å². The van der Waals surface area contributed by atoms with Crippen LogP contribution in [0.5, 0.6) is 51.7 Å². The Kier molecular flexibility index (Phi) is 69.6. The minimum Gasteiger partial charge on any atom is -0.494 e. The smallest absolute Gasteiger partial charge is 0.306 e. The molecule has 9 aromatic rings. The summed E-state index contributed by atoms with van der Waals surface area (Å²) in [7, 11) is 0. The minimum atomic E-state index is -0.782. The van der Waals surface area contributed by atoms with E-state index >= 15 is 0 Å². The van der Waals surface area contributed by atoms with Crippen LogP contribution in [0, 0.1) is 127 Å². The SMILES string of the molecule is Cc1ccc(OCC(C)C(C)C(=O)O)cc1.Cc1ccc(OCC(C)CC(=O)O)cc1.Cc1ccc(OCCC(C)C(=O)O)cc1.Cc1ccc(OCCC(C)C(C)C(=O)O)cc1.Cc1ccc(OCCC(C)CC(=O)O)cc1.Cc1ccc(OCCCC(C)C(=O)O)cc1.Cc1ccc(OCCCC(C)CC(=O)O)cc1.Cc1ccc(OCCCCC(C)C(=O)O)cc1.Cc1ccc(OCCCCCC(C)C(=O)O)cc1. The number of hydrogen-bond acceptors (Lipinski definition) is 18. The Morgan fingerprint density at radius 1 is 0.190 bits per heavy atom. The van der Waals surface area contributed by atoms with Crippen molar-refractivity contribution in [2.45, 2.75) is 248 Å². The standard InChI is InChI=1S/C15H22O3.3C14H20O3.3C13H18O3.2C12H16O3/c1-12-7-9-14(10-8-12)18-11-5-3-4-6-13(2)15(16)17;1-10-4-6-13(7-5-10)17-9-8-11(2)12(3)14(15)16;1-11-5-7-13(8-6-11)17-9-3-4-12(2)10-14(15)16;1-11-6-8-13(9-7-11)17-10-4-3-5-12(2)14(15)16;1-9-4-6-12(7-5-9)16-8-10(2)11(3)13(14)15;1-10-3-5-12(6-4-10)16-8-7-11(2)9-13(14)15;1-10-5-7-12(8-6-10)16-9-3-4-11(2)13(14)15;1-9-3-5-11(6-4-9)15-8-10(2)7-12(13)14;1-9-3-5-11(6-4-9)15-8-7-10(2)12(13)14/h7-10,13H,3-6,11H2,1-2H3,(H,16,17);4-7,11-12H,8-9H2,1-3H3,(H,15,16);5-8,12H,3-4,9-10H2,1-2H3,(H,15,16);6-9,12H,3-5,10H2,1-2H3,(H,15,16);4-7,10-11H,8H2,1-3H3,(H,14,15);3-6,11H,7-9H2,1-2H3,(H,14,15);5-8,11H,3-4,9H2,1-2H3,(H,14,15);2*3-6,10H,7-8H2,1-2H3,(H,13,14). The van der Waals surface area contributed by atoms with Gasteiger partial charge in [-0.25, -0.2) is 0 Å². The van der Waals surface area contributed by atoms with Gasteiger partial charge in [-0.05, 0) is 266 Å². The maximum atomic E-state index is 10.8. The monoisotopic (exact) mass is 2040 g/mol. The first-order chi connectivity index (χ1) is 69.6. The summed E-state index contributed by atoms with van der Waals surface area (Å²) in [4.78, 5) is 95.1. The number of hydrogen-bond donors (Lipinski definition) is 9. The van der Waals surface area contributed by atoms with Crippen LogP contribution in [0.1, 0.15) is 235 Å². The number of rotatable bonds is 55. The van der Waals surface area contributed by atoms with Gasteiger partial charge in [-0.2, -0.15) is 0 Å². The van der Waals surface area contributed by atoms with E-state index in [1.165, 1.54) is 50.1 Å². The van der Waals surface area contributed by atoms with Crippen molar-refractivity contribution < 1.29 is 132 Å². The summed E-state index contributed by atoms with van der Waals surface area (Å²) >= 11 is 0. The molecule has 0 radical (unpaired) electrons. The van der Waals surface area contributed by atoms with E-state index in [-0.39, 0.29) is 84.4 Å². The summed E-state index contributed by atoms with van der Waals surface area (Å²) < 4.78 is 49.7. The molecule has 9 N–H and O–H groups in total. The lowest BCUT2D eigenvalue weighted by Crippen LogP contribution is -2.23. The molecule has 0 heterocycles. The summed E-state index contributed by atoms with van der Waals surface area (Å²) in [5.41, 5.74) is 10.8. The van der Waals surface area contributed by atoms with Crippen LogP contribution in [0.15, 0.2) is 218 Å². The third-order valence-corrected chi connectivity index (χ3v) is 23.5. The molecule has 27 heteroatoms. The van der Waals surface area contributed by atoms with E-state index in [9.17, 15) is 43.2 Å².